The van der Waals surface area contributed by atoms with Crippen molar-refractivity contribution in [3.8, 4) is 11.5 Å². The van der Waals surface area contributed by atoms with Gasteiger partial charge in [-0.15, -0.1) is 0 Å². The van der Waals surface area contributed by atoms with E-state index in [9.17, 15) is 0 Å². The van der Waals surface area contributed by atoms with Crippen LogP contribution in [0.5, 0.6) is 11.5 Å². The van der Waals surface area contributed by atoms with Crippen LogP contribution in [0.25, 0.3) is 0 Å². The Morgan fingerprint density at radius 3 is 2.53 bits per heavy atom. The highest BCUT2D eigenvalue weighted by atomic mass is 16.5. The molecule has 1 aromatic carbocycles. The van der Waals surface area contributed by atoms with Crippen LogP contribution in [-0.4, -0.2) is 13.2 Å². The predicted molar refractivity (Wildman–Crippen MR) is 68.4 cm³/mol. The van der Waals surface area contributed by atoms with Gasteiger partial charge in [-0.2, -0.15) is 0 Å². The van der Waals surface area contributed by atoms with Crippen molar-refractivity contribution in [1.29, 1.82) is 0 Å². The van der Waals surface area contributed by atoms with E-state index in [0.717, 1.165) is 17.1 Å². The van der Waals surface area contributed by atoms with Gasteiger partial charge in [-0.1, -0.05) is 6.07 Å². The van der Waals surface area contributed by atoms with Gasteiger partial charge in [-0.25, -0.2) is 0 Å². The fraction of sp³-hybridized carbons (Fsp3) is 0.571. The van der Waals surface area contributed by atoms with Crippen LogP contribution in [0.4, 0.5) is 0 Å². The highest BCUT2D eigenvalue weighted by Crippen LogP contribution is 2.37. The molecule has 0 unspecified atom stereocenters. The Hall–Kier alpha value is -1.22. The molecular weight excluding hydrogens is 214 g/mol. The molecule has 1 fully saturated rings. The quantitative estimate of drug-likeness (QED) is 0.853. The predicted octanol–water partition coefficient (Wildman–Crippen LogP) is 2.89. The summed E-state index contributed by atoms with van der Waals surface area (Å²) in [6, 6.07) is 5.81. The Morgan fingerprint density at radius 2 is 2.00 bits per heavy atom. The molecular formula is C14H21NO2. The van der Waals surface area contributed by atoms with Crippen LogP contribution in [0.15, 0.2) is 18.2 Å². The van der Waals surface area contributed by atoms with Crippen molar-refractivity contribution in [3.05, 3.63) is 23.8 Å². The van der Waals surface area contributed by atoms with E-state index in [-0.39, 0.29) is 12.1 Å². The van der Waals surface area contributed by atoms with E-state index in [2.05, 4.69) is 6.92 Å². The zero-order chi connectivity index (χ0) is 12.4. The standard InChI is InChI=1S/C14H21NO2/c1-9(15)13-7-6-12(16-3)8-14(13)17-10(2)11-4-5-11/h6-11H,4-5,15H2,1-3H3/t9-,10+/m0/s1. The topological polar surface area (TPSA) is 44.5 Å². The van der Waals surface area contributed by atoms with Gasteiger partial charge in [0, 0.05) is 17.7 Å². The van der Waals surface area contributed by atoms with E-state index in [1.807, 2.05) is 25.1 Å². The highest BCUT2D eigenvalue weighted by Gasteiger charge is 2.30. The Morgan fingerprint density at radius 1 is 1.29 bits per heavy atom. The molecule has 2 atom stereocenters. The lowest BCUT2D eigenvalue weighted by molar-refractivity contribution is 0.194. The van der Waals surface area contributed by atoms with Gasteiger partial charge in [0.2, 0.25) is 0 Å². The third kappa shape index (κ3) is 2.91. The lowest BCUT2D eigenvalue weighted by Gasteiger charge is -2.19. The zero-order valence-corrected chi connectivity index (χ0v) is 10.8. The number of methoxy groups -OCH3 is 1. The zero-order valence-electron chi connectivity index (χ0n) is 10.8. The van der Waals surface area contributed by atoms with E-state index >= 15 is 0 Å². The fourth-order valence-corrected chi connectivity index (χ4v) is 1.98. The van der Waals surface area contributed by atoms with E-state index < -0.39 is 0 Å². The van der Waals surface area contributed by atoms with Crippen LogP contribution in [0, 0.1) is 5.92 Å². The molecule has 0 spiro atoms. The van der Waals surface area contributed by atoms with Gasteiger partial charge in [-0.3, -0.25) is 0 Å². The first-order chi connectivity index (χ1) is 8.11. The van der Waals surface area contributed by atoms with Crippen molar-refractivity contribution in [2.24, 2.45) is 11.7 Å². The van der Waals surface area contributed by atoms with Gasteiger partial charge >= 0.3 is 0 Å². The first kappa shape index (κ1) is 12.2. The van der Waals surface area contributed by atoms with Crippen LogP contribution in [-0.2, 0) is 0 Å². The first-order valence-corrected chi connectivity index (χ1v) is 6.22. The van der Waals surface area contributed by atoms with E-state index in [4.69, 9.17) is 15.2 Å². The molecule has 1 aromatic rings. The summed E-state index contributed by atoms with van der Waals surface area (Å²) >= 11 is 0. The second-order valence-electron chi connectivity index (χ2n) is 4.85. The lowest BCUT2D eigenvalue weighted by atomic mass is 10.1. The summed E-state index contributed by atoms with van der Waals surface area (Å²) in [4.78, 5) is 0. The van der Waals surface area contributed by atoms with Crippen LogP contribution in [0.3, 0.4) is 0 Å². The van der Waals surface area contributed by atoms with Crippen LogP contribution >= 0.6 is 0 Å². The molecule has 0 radical (unpaired) electrons. The molecule has 1 saturated carbocycles. The minimum atomic E-state index is -0.0256. The molecule has 0 saturated heterocycles. The molecule has 0 aliphatic heterocycles. The Kier molecular flexibility index (Phi) is 3.57. The van der Waals surface area contributed by atoms with Crippen molar-refractivity contribution < 1.29 is 9.47 Å². The van der Waals surface area contributed by atoms with Crippen molar-refractivity contribution in [2.75, 3.05) is 7.11 Å². The Bertz CT molecular complexity index is 386. The van der Waals surface area contributed by atoms with Crippen LogP contribution in [0.2, 0.25) is 0 Å². The van der Waals surface area contributed by atoms with Crippen molar-refractivity contribution in [3.63, 3.8) is 0 Å². The van der Waals surface area contributed by atoms with Gasteiger partial charge in [-0.05, 0) is 38.7 Å². The van der Waals surface area contributed by atoms with Crippen molar-refractivity contribution in [2.45, 2.75) is 38.8 Å². The first-order valence-electron chi connectivity index (χ1n) is 6.22. The molecule has 3 nitrogen and oxygen atoms in total. The smallest absolute Gasteiger partial charge is 0.128 e. The summed E-state index contributed by atoms with van der Waals surface area (Å²) < 4.78 is 11.2. The van der Waals surface area contributed by atoms with Crippen LogP contribution < -0.4 is 15.2 Å². The van der Waals surface area contributed by atoms with E-state index in [0.29, 0.717) is 5.92 Å². The van der Waals surface area contributed by atoms with Gasteiger partial charge < -0.3 is 15.2 Å². The summed E-state index contributed by atoms with van der Waals surface area (Å²) in [7, 11) is 1.66. The monoisotopic (exact) mass is 235 g/mol. The molecule has 2 N–H and O–H groups in total. The molecule has 2 rings (SSSR count). The minimum absolute atomic E-state index is 0.0256. The molecule has 0 heterocycles. The van der Waals surface area contributed by atoms with Crippen molar-refractivity contribution in [1.82, 2.24) is 0 Å². The molecule has 17 heavy (non-hydrogen) atoms. The molecule has 1 aliphatic carbocycles. The molecule has 94 valence electrons. The Labute approximate surface area is 103 Å². The van der Waals surface area contributed by atoms with Gasteiger partial charge in [0.1, 0.15) is 11.5 Å². The molecule has 0 bridgehead atoms. The maximum Gasteiger partial charge on any atom is 0.128 e. The number of hydrogen-bond donors (Lipinski definition) is 1. The summed E-state index contributed by atoms with van der Waals surface area (Å²) in [5, 5.41) is 0. The molecule has 0 amide bonds. The highest BCUT2D eigenvalue weighted by molar-refractivity contribution is 5.42. The molecule has 1 aliphatic rings. The van der Waals surface area contributed by atoms with E-state index in [1.165, 1.54) is 12.8 Å². The van der Waals surface area contributed by atoms with Gasteiger partial charge in [0.05, 0.1) is 13.2 Å². The second-order valence-corrected chi connectivity index (χ2v) is 4.85. The van der Waals surface area contributed by atoms with Crippen molar-refractivity contribution >= 4 is 0 Å². The number of ether oxygens (including phenoxy) is 2. The summed E-state index contributed by atoms with van der Waals surface area (Å²) in [5.74, 6) is 2.38. The largest absolute Gasteiger partial charge is 0.497 e. The van der Waals surface area contributed by atoms with Gasteiger partial charge in [0.15, 0.2) is 0 Å². The molecule has 0 aromatic heterocycles. The Balaban J connectivity index is 2.20. The third-order valence-electron chi connectivity index (χ3n) is 3.31. The fourth-order valence-electron chi connectivity index (χ4n) is 1.98. The summed E-state index contributed by atoms with van der Waals surface area (Å²) in [5.41, 5.74) is 6.99. The van der Waals surface area contributed by atoms with Crippen LogP contribution in [0.1, 0.15) is 38.3 Å². The summed E-state index contributed by atoms with van der Waals surface area (Å²) in [6.45, 7) is 4.10. The summed E-state index contributed by atoms with van der Waals surface area (Å²) in [6.07, 6.45) is 2.82. The second kappa shape index (κ2) is 4.96. The number of hydrogen-bond acceptors (Lipinski definition) is 3. The van der Waals surface area contributed by atoms with Gasteiger partial charge in [0.25, 0.3) is 0 Å². The maximum absolute atomic E-state index is 6.01. The lowest BCUT2D eigenvalue weighted by Crippen LogP contribution is -2.17. The maximum atomic E-state index is 6.01. The average Bonchev–Trinajstić information content (AvgIpc) is 3.12. The average molecular weight is 235 g/mol. The normalized spacial score (nSPS) is 18.6. The molecule has 3 heteroatoms. The number of rotatable bonds is 5. The SMILES string of the molecule is COc1ccc([C@H](C)N)c(O[C@H](C)C2CC2)c1. The third-order valence-corrected chi connectivity index (χ3v) is 3.31. The minimum Gasteiger partial charge on any atom is -0.497 e. The number of benzene rings is 1. The van der Waals surface area contributed by atoms with E-state index in [1.54, 1.807) is 7.11 Å². The number of nitrogens with two attached hydrogens (primary N) is 1.